The van der Waals surface area contributed by atoms with Gasteiger partial charge in [0.15, 0.2) is 0 Å². The van der Waals surface area contributed by atoms with E-state index >= 15 is 0 Å². The second kappa shape index (κ2) is 8.06. The molecule has 1 saturated carbocycles. The molecule has 0 spiro atoms. The van der Waals surface area contributed by atoms with Crippen molar-refractivity contribution in [2.24, 2.45) is 0 Å². The van der Waals surface area contributed by atoms with Crippen molar-refractivity contribution in [3.05, 3.63) is 23.0 Å². The number of nitrogens with one attached hydrogen (secondary N) is 2. The van der Waals surface area contributed by atoms with Crippen molar-refractivity contribution in [2.75, 3.05) is 11.9 Å². The third-order valence-electron chi connectivity index (χ3n) is 4.64. The summed E-state index contributed by atoms with van der Waals surface area (Å²) < 4.78 is 13.9. The minimum absolute atomic E-state index is 0.00549. The quantitative estimate of drug-likeness (QED) is 0.563. The fraction of sp³-hybridized carbons (Fsp3) is 0.667. The lowest BCUT2D eigenvalue weighted by atomic mass is 9.83. The van der Waals surface area contributed by atoms with Gasteiger partial charge in [-0.25, -0.2) is 9.37 Å². The van der Waals surface area contributed by atoms with E-state index in [0.717, 1.165) is 19.3 Å². The molecule has 1 aromatic rings. The molecule has 4 N–H and O–H groups in total. The number of halogens is 2. The number of nitrogens with zero attached hydrogens (tertiary/aromatic N) is 1. The van der Waals surface area contributed by atoms with Crippen molar-refractivity contribution in [3.63, 3.8) is 0 Å². The van der Waals surface area contributed by atoms with Crippen LogP contribution in [0.15, 0.2) is 12.3 Å². The molecule has 0 radical (unpaired) electrons. The minimum Gasteiger partial charge on any atom is -0.390 e. The summed E-state index contributed by atoms with van der Waals surface area (Å²) in [6.45, 7) is 4.17. The lowest BCUT2D eigenvalue weighted by Crippen LogP contribution is -2.42. The first-order valence-electron chi connectivity index (χ1n) is 8.77. The Bertz CT molecular complexity index is 649. The smallest absolute Gasteiger partial charge is 0.255 e. The van der Waals surface area contributed by atoms with Crippen molar-refractivity contribution in [3.8, 4) is 0 Å². The van der Waals surface area contributed by atoms with Crippen LogP contribution in [0, 0.1) is 0 Å². The first-order valence-corrected chi connectivity index (χ1v) is 9.15. The maximum Gasteiger partial charge on any atom is 0.255 e. The van der Waals surface area contributed by atoms with Gasteiger partial charge in [0, 0.05) is 12.2 Å². The second-order valence-electron chi connectivity index (χ2n) is 7.82. The number of carbonyl (C=O) groups excluding carboxylic acids is 1. The molecule has 8 heteroatoms. The Morgan fingerprint density at radius 2 is 2.27 bits per heavy atom. The summed E-state index contributed by atoms with van der Waals surface area (Å²) in [4.78, 5) is 16.4. The number of pyridine rings is 1. The fourth-order valence-corrected chi connectivity index (χ4v) is 3.22. The van der Waals surface area contributed by atoms with Crippen LogP contribution in [0.4, 0.5) is 10.1 Å². The number of aromatic nitrogens is 1. The molecule has 1 unspecified atom stereocenters. The number of hydrogen-bond donors (Lipinski definition) is 4. The van der Waals surface area contributed by atoms with E-state index in [-0.39, 0.29) is 23.3 Å². The zero-order chi connectivity index (χ0) is 19.5. The van der Waals surface area contributed by atoms with Gasteiger partial charge in [-0.3, -0.25) is 4.79 Å². The van der Waals surface area contributed by atoms with Crippen LogP contribution in [0.2, 0.25) is 5.15 Å². The molecule has 3 atom stereocenters. The van der Waals surface area contributed by atoms with Crippen molar-refractivity contribution >= 4 is 23.2 Å². The summed E-state index contributed by atoms with van der Waals surface area (Å²) in [5.74, 6) is -0.508. The Morgan fingerprint density at radius 3 is 2.88 bits per heavy atom. The number of rotatable bonds is 6. The molecule has 1 fully saturated rings. The summed E-state index contributed by atoms with van der Waals surface area (Å²) in [5.41, 5.74) is -1.56. The Labute approximate surface area is 158 Å². The molecule has 146 valence electrons. The van der Waals surface area contributed by atoms with Crippen LogP contribution in [0.3, 0.4) is 0 Å². The Hall–Kier alpha value is -1.44. The van der Waals surface area contributed by atoms with E-state index in [1.807, 2.05) is 0 Å². The van der Waals surface area contributed by atoms with Gasteiger partial charge in [-0.1, -0.05) is 11.6 Å². The van der Waals surface area contributed by atoms with E-state index < -0.39 is 23.3 Å². The maximum atomic E-state index is 13.9. The van der Waals surface area contributed by atoms with Gasteiger partial charge in [0.2, 0.25) is 0 Å². The standard InChI is InChI=1S/C18H27ClFN3O3/c1-17(2,25)14(20)10-22-16(24)12-9-21-15(19)7-13(12)23-11-5-4-6-18(3,26)8-11/h7,9,11,14,25-26H,4-6,8,10H2,1-3H3,(H,21,23)(H,22,24)/t11-,14+,18?/m0/s1. The number of alkyl halides is 1. The van der Waals surface area contributed by atoms with Crippen LogP contribution in [0.25, 0.3) is 0 Å². The molecular formula is C18H27ClFN3O3. The van der Waals surface area contributed by atoms with Crippen molar-refractivity contribution in [1.29, 1.82) is 0 Å². The third kappa shape index (κ3) is 5.79. The van der Waals surface area contributed by atoms with Gasteiger partial charge in [-0.15, -0.1) is 0 Å². The molecule has 0 saturated heterocycles. The lowest BCUT2D eigenvalue weighted by molar-refractivity contribution is -0.00177. The van der Waals surface area contributed by atoms with Crippen LogP contribution < -0.4 is 10.6 Å². The predicted octanol–water partition coefficient (Wildman–Crippen LogP) is 2.68. The molecule has 1 aliphatic rings. The van der Waals surface area contributed by atoms with Gasteiger partial charge >= 0.3 is 0 Å². The van der Waals surface area contributed by atoms with E-state index in [0.29, 0.717) is 12.1 Å². The molecule has 6 nitrogen and oxygen atoms in total. The molecule has 0 aromatic carbocycles. The number of hydrogen-bond acceptors (Lipinski definition) is 5. The summed E-state index contributed by atoms with van der Waals surface area (Å²) in [7, 11) is 0. The van der Waals surface area contributed by atoms with Gasteiger partial charge in [-0.05, 0) is 52.5 Å². The third-order valence-corrected chi connectivity index (χ3v) is 4.84. The normalized spacial score (nSPS) is 24.8. The van der Waals surface area contributed by atoms with Gasteiger partial charge in [0.05, 0.1) is 29.0 Å². The first-order chi connectivity index (χ1) is 12.0. The van der Waals surface area contributed by atoms with Gasteiger partial charge < -0.3 is 20.8 Å². The Balaban J connectivity index is 2.10. The highest BCUT2D eigenvalue weighted by Crippen LogP contribution is 2.31. The number of aliphatic hydroxyl groups is 2. The van der Waals surface area contributed by atoms with Gasteiger partial charge in [-0.2, -0.15) is 0 Å². The summed E-state index contributed by atoms with van der Waals surface area (Å²) in [6, 6.07) is 1.54. The predicted molar refractivity (Wildman–Crippen MR) is 99.3 cm³/mol. The molecule has 1 amide bonds. The topological polar surface area (TPSA) is 94.5 Å². The average Bonchev–Trinajstić information content (AvgIpc) is 2.50. The second-order valence-corrected chi connectivity index (χ2v) is 8.21. The number of anilines is 1. The molecule has 0 bridgehead atoms. The Kier molecular flexibility index (Phi) is 6.47. The summed E-state index contributed by atoms with van der Waals surface area (Å²) in [5, 5.41) is 25.8. The zero-order valence-corrected chi connectivity index (χ0v) is 16.1. The molecule has 26 heavy (non-hydrogen) atoms. The highest BCUT2D eigenvalue weighted by Gasteiger charge is 2.31. The van der Waals surface area contributed by atoms with E-state index in [1.165, 1.54) is 20.0 Å². The monoisotopic (exact) mass is 387 g/mol. The van der Waals surface area contributed by atoms with Crippen LogP contribution in [-0.2, 0) is 0 Å². The molecule has 0 aliphatic heterocycles. The molecule has 2 rings (SSSR count). The van der Waals surface area contributed by atoms with Gasteiger partial charge in [0.25, 0.3) is 5.91 Å². The maximum absolute atomic E-state index is 13.9. The van der Waals surface area contributed by atoms with E-state index in [9.17, 15) is 19.4 Å². The van der Waals surface area contributed by atoms with Crippen molar-refractivity contribution in [2.45, 2.75) is 69.9 Å². The number of amides is 1. The van der Waals surface area contributed by atoms with E-state index in [1.54, 1.807) is 13.0 Å². The van der Waals surface area contributed by atoms with Crippen molar-refractivity contribution in [1.82, 2.24) is 10.3 Å². The first kappa shape index (κ1) is 20.9. The van der Waals surface area contributed by atoms with Crippen LogP contribution in [0.1, 0.15) is 56.8 Å². The molecule has 1 aromatic heterocycles. The molecular weight excluding hydrogens is 361 g/mol. The van der Waals surface area contributed by atoms with Crippen LogP contribution in [-0.4, -0.2) is 51.1 Å². The summed E-state index contributed by atoms with van der Waals surface area (Å²) in [6.07, 6.45) is 2.77. The summed E-state index contributed by atoms with van der Waals surface area (Å²) >= 11 is 5.96. The van der Waals surface area contributed by atoms with Crippen LogP contribution >= 0.6 is 11.6 Å². The molecule has 1 heterocycles. The lowest BCUT2D eigenvalue weighted by Gasteiger charge is -2.35. The van der Waals surface area contributed by atoms with E-state index in [2.05, 4.69) is 15.6 Å². The molecule has 1 aliphatic carbocycles. The zero-order valence-electron chi connectivity index (χ0n) is 15.4. The minimum atomic E-state index is -1.60. The fourth-order valence-electron chi connectivity index (χ4n) is 3.06. The number of carbonyl (C=O) groups is 1. The highest BCUT2D eigenvalue weighted by molar-refractivity contribution is 6.29. The average molecular weight is 388 g/mol. The SMILES string of the molecule is CC1(O)CCC[C@H](Nc2cc(Cl)ncc2C(=O)NC[C@@H](F)C(C)(C)O)C1. The van der Waals surface area contributed by atoms with Gasteiger partial charge in [0.1, 0.15) is 11.3 Å². The highest BCUT2D eigenvalue weighted by atomic mass is 35.5. The van der Waals surface area contributed by atoms with Crippen molar-refractivity contribution < 1.29 is 19.4 Å². The Morgan fingerprint density at radius 1 is 1.58 bits per heavy atom. The van der Waals surface area contributed by atoms with E-state index in [4.69, 9.17) is 11.6 Å². The largest absolute Gasteiger partial charge is 0.390 e. The van der Waals surface area contributed by atoms with Crippen LogP contribution in [0.5, 0.6) is 0 Å².